The highest BCUT2D eigenvalue weighted by Crippen LogP contribution is 2.42. The number of hydrogen-bond donors (Lipinski definition) is 0. The molecule has 1 rings (SSSR count). The largest absolute Gasteiger partial charge is 0.300 e. The van der Waals surface area contributed by atoms with E-state index in [1.54, 1.807) is 6.92 Å². The number of hydrogen-bond acceptors (Lipinski definition) is 1. The molecule has 0 N–H and O–H groups in total. The molecule has 1 saturated carbocycles. The third-order valence-corrected chi connectivity index (χ3v) is 2.98. The fraction of sp³-hybridized carbons (Fsp3) is 0.900. The summed E-state index contributed by atoms with van der Waals surface area (Å²) in [5.74, 6) is 2.21. The summed E-state index contributed by atoms with van der Waals surface area (Å²) in [6, 6.07) is 0. The van der Waals surface area contributed by atoms with Crippen molar-refractivity contribution in [3.05, 3.63) is 0 Å². The minimum absolute atomic E-state index is 0.299. The Morgan fingerprint density at radius 3 is 2.36 bits per heavy atom. The monoisotopic (exact) mass is 154 g/mol. The maximum absolute atomic E-state index is 11.1. The zero-order valence-corrected chi connectivity index (χ0v) is 7.76. The summed E-state index contributed by atoms with van der Waals surface area (Å²) in [5.41, 5.74) is 0. The van der Waals surface area contributed by atoms with Gasteiger partial charge in [-0.3, -0.25) is 4.79 Å². The van der Waals surface area contributed by atoms with E-state index in [1.165, 1.54) is 19.3 Å². The van der Waals surface area contributed by atoms with E-state index in [4.69, 9.17) is 0 Å². The lowest BCUT2D eigenvalue weighted by Crippen LogP contribution is -2.19. The molecule has 64 valence electrons. The normalized spacial score (nSPS) is 22.8. The molecule has 0 aromatic carbocycles. The van der Waals surface area contributed by atoms with Crippen LogP contribution in [0, 0.1) is 17.8 Å². The van der Waals surface area contributed by atoms with Crippen molar-refractivity contribution < 1.29 is 4.79 Å². The Morgan fingerprint density at radius 2 is 2.09 bits per heavy atom. The maximum atomic E-state index is 11.1. The van der Waals surface area contributed by atoms with Gasteiger partial charge in [0, 0.05) is 5.92 Å². The van der Waals surface area contributed by atoms with E-state index in [9.17, 15) is 4.79 Å². The van der Waals surface area contributed by atoms with Crippen LogP contribution in [0.1, 0.15) is 40.0 Å². The molecule has 0 aromatic rings. The number of Topliss-reactive ketones (excluding diaryl/α,β-unsaturated/α-hetero) is 1. The Hall–Kier alpha value is -0.330. The van der Waals surface area contributed by atoms with Gasteiger partial charge in [-0.2, -0.15) is 0 Å². The molecule has 0 aromatic heterocycles. The molecule has 11 heavy (non-hydrogen) atoms. The van der Waals surface area contributed by atoms with Crippen LogP contribution in [0.25, 0.3) is 0 Å². The summed E-state index contributed by atoms with van der Waals surface area (Å²) in [7, 11) is 0. The molecule has 2 unspecified atom stereocenters. The lowest BCUT2D eigenvalue weighted by Gasteiger charge is -2.19. The van der Waals surface area contributed by atoms with Gasteiger partial charge in [0.05, 0.1) is 0 Å². The van der Waals surface area contributed by atoms with E-state index < -0.39 is 0 Å². The Morgan fingerprint density at radius 1 is 1.55 bits per heavy atom. The highest BCUT2D eigenvalue weighted by Gasteiger charge is 2.34. The van der Waals surface area contributed by atoms with Gasteiger partial charge in [0.2, 0.25) is 0 Å². The molecule has 0 amide bonds. The molecule has 1 aliphatic rings. The third-order valence-electron chi connectivity index (χ3n) is 2.98. The van der Waals surface area contributed by atoms with E-state index in [2.05, 4.69) is 13.8 Å². The maximum Gasteiger partial charge on any atom is 0.132 e. The zero-order valence-electron chi connectivity index (χ0n) is 7.76. The van der Waals surface area contributed by atoms with Crippen molar-refractivity contribution in [3.8, 4) is 0 Å². The molecule has 0 radical (unpaired) electrons. The lowest BCUT2D eigenvalue weighted by atomic mass is 9.85. The van der Waals surface area contributed by atoms with Crippen LogP contribution in [0.5, 0.6) is 0 Å². The fourth-order valence-electron chi connectivity index (χ4n) is 1.92. The fourth-order valence-corrected chi connectivity index (χ4v) is 1.92. The second-order valence-corrected chi connectivity index (χ2v) is 3.81. The van der Waals surface area contributed by atoms with E-state index in [0.717, 1.165) is 5.92 Å². The van der Waals surface area contributed by atoms with Gasteiger partial charge in [0.1, 0.15) is 5.78 Å². The Labute approximate surface area is 69.2 Å². The van der Waals surface area contributed by atoms with E-state index in [-0.39, 0.29) is 0 Å². The van der Waals surface area contributed by atoms with Gasteiger partial charge < -0.3 is 0 Å². The van der Waals surface area contributed by atoms with Crippen molar-refractivity contribution in [3.63, 3.8) is 0 Å². The predicted octanol–water partition coefficient (Wildman–Crippen LogP) is 2.65. The van der Waals surface area contributed by atoms with Crippen LogP contribution in [-0.4, -0.2) is 5.78 Å². The third kappa shape index (κ3) is 2.05. The molecule has 0 saturated heterocycles. The summed E-state index contributed by atoms with van der Waals surface area (Å²) in [4.78, 5) is 11.1. The van der Waals surface area contributed by atoms with E-state index >= 15 is 0 Å². The highest BCUT2D eigenvalue weighted by atomic mass is 16.1. The average Bonchev–Trinajstić information content (AvgIpc) is 2.72. The molecular weight excluding hydrogens is 136 g/mol. The minimum atomic E-state index is 0.299. The van der Waals surface area contributed by atoms with E-state index in [1.807, 2.05) is 0 Å². The number of carbonyl (C=O) groups excluding carboxylic acids is 1. The van der Waals surface area contributed by atoms with Crippen LogP contribution in [0.2, 0.25) is 0 Å². The summed E-state index contributed by atoms with van der Waals surface area (Å²) < 4.78 is 0. The minimum Gasteiger partial charge on any atom is -0.300 e. The average molecular weight is 154 g/mol. The first-order chi connectivity index (χ1) is 5.16. The second kappa shape index (κ2) is 3.38. The SMILES string of the molecule is CCC(C1CC1)C(C)C(C)=O. The molecule has 0 aliphatic heterocycles. The molecule has 2 atom stereocenters. The Kier molecular flexibility index (Phi) is 2.69. The van der Waals surface area contributed by atoms with Gasteiger partial charge >= 0.3 is 0 Å². The van der Waals surface area contributed by atoms with Crippen molar-refractivity contribution >= 4 is 5.78 Å². The van der Waals surface area contributed by atoms with Gasteiger partial charge in [0.25, 0.3) is 0 Å². The summed E-state index contributed by atoms with van der Waals surface area (Å²) >= 11 is 0. The molecule has 0 bridgehead atoms. The smallest absolute Gasteiger partial charge is 0.132 e. The van der Waals surface area contributed by atoms with Crippen LogP contribution >= 0.6 is 0 Å². The molecule has 0 spiro atoms. The summed E-state index contributed by atoms with van der Waals surface area (Å²) in [6.45, 7) is 5.99. The molecule has 0 heterocycles. The van der Waals surface area contributed by atoms with Crippen molar-refractivity contribution in [2.24, 2.45) is 17.8 Å². The lowest BCUT2D eigenvalue weighted by molar-refractivity contribution is -0.122. The van der Waals surface area contributed by atoms with Gasteiger partial charge in [-0.15, -0.1) is 0 Å². The molecule has 1 heteroatoms. The van der Waals surface area contributed by atoms with Gasteiger partial charge in [-0.25, -0.2) is 0 Å². The first-order valence-corrected chi connectivity index (χ1v) is 4.67. The topological polar surface area (TPSA) is 17.1 Å². The molecule has 1 fully saturated rings. The number of rotatable bonds is 4. The van der Waals surface area contributed by atoms with Crippen molar-refractivity contribution in [2.75, 3.05) is 0 Å². The molecule has 1 aliphatic carbocycles. The second-order valence-electron chi connectivity index (χ2n) is 3.81. The van der Waals surface area contributed by atoms with Crippen LogP contribution in [0.15, 0.2) is 0 Å². The van der Waals surface area contributed by atoms with Crippen molar-refractivity contribution in [2.45, 2.75) is 40.0 Å². The first kappa shape index (κ1) is 8.76. The van der Waals surface area contributed by atoms with Crippen LogP contribution in [-0.2, 0) is 4.79 Å². The predicted molar refractivity (Wildman–Crippen MR) is 46.4 cm³/mol. The van der Waals surface area contributed by atoms with Crippen LogP contribution in [0.4, 0.5) is 0 Å². The summed E-state index contributed by atoms with van der Waals surface area (Å²) in [5, 5.41) is 0. The first-order valence-electron chi connectivity index (χ1n) is 4.67. The van der Waals surface area contributed by atoms with Crippen LogP contribution < -0.4 is 0 Å². The quantitative estimate of drug-likeness (QED) is 0.608. The van der Waals surface area contributed by atoms with Gasteiger partial charge in [0.15, 0.2) is 0 Å². The van der Waals surface area contributed by atoms with Crippen molar-refractivity contribution in [1.82, 2.24) is 0 Å². The van der Waals surface area contributed by atoms with Gasteiger partial charge in [-0.1, -0.05) is 20.3 Å². The summed E-state index contributed by atoms with van der Waals surface area (Å²) in [6.07, 6.45) is 3.89. The highest BCUT2D eigenvalue weighted by molar-refractivity contribution is 5.78. The standard InChI is InChI=1S/C10H18O/c1-4-10(9-5-6-9)7(2)8(3)11/h7,9-10H,4-6H2,1-3H3. The van der Waals surface area contributed by atoms with E-state index in [0.29, 0.717) is 17.6 Å². The zero-order chi connectivity index (χ0) is 8.43. The Bertz CT molecular complexity index is 147. The molecular formula is C10H18O. The van der Waals surface area contributed by atoms with Gasteiger partial charge in [-0.05, 0) is 31.6 Å². The molecule has 1 nitrogen and oxygen atoms in total. The number of carbonyl (C=O) groups is 1. The Balaban J connectivity index is 2.45. The van der Waals surface area contributed by atoms with Crippen LogP contribution in [0.3, 0.4) is 0 Å². The number of ketones is 1. The van der Waals surface area contributed by atoms with Crippen molar-refractivity contribution in [1.29, 1.82) is 0 Å².